The van der Waals surface area contributed by atoms with E-state index in [0.29, 0.717) is 5.59 Å². The minimum Gasteiger partial charge on any atom is -0.398 e. The van der Waals surface area contributed by atoms with E-state index in [1.807, 2.05) is 41.5 Å². The van der Waals surface area contributed by atoms with Crippen molar-refractivity contribution in [2.75, 3.05) is 0 Å². The lowest BCUT2D eigenvalue weighted by atomic mass is 9.85. The second-order valence-electron chi connectivity index (χ2n) is 6.64. The minimum absolute atomic E-state index is 0.370. The summed E-state index contributed by atoms with van der Waals surface area (Å²) in [5.41, 5.74) is 6.16. The van der Waals surface area contributed by atoms with Crippen LogP contribution in [0.15, 0.2) is 12.4 Å². The molecule has 19 heavy (non-hydrogen) atoms. The highest BCUT2D eigenvalue weighted by Crippen LogP contribution is 2.36. The molecule has 0 radical (unpaired) electrons. The number of aromatic nitrogens is 2. The fraction of sp³-hybridized carbons (Fsp3) is 0.692. The molecule has 1 aliphatic heterocycles. The van der Waals surface area contributed by atoms with Crippen LogP contribution in [-0.2, 0) is 14.8 Å². The van der Waals surface area contributed by atoms with Crippen LogP contribution in [0, 0.1) is 0 Å². The Morgan fingerprint density at radius 1 is 1.05 bits per heavy atom. The Labute approximate surface area is 115 Å². The van der Waals surface area contributed by atoms with E-state index in [9.17, 15) is 0 Å². The van der Waals surface area contributed by atoms with Gasteiger partial charge in [-0.3, -0.25) is 9.97 Å². The zero-order valence-corrected chi connectivity index (χ0v) is 12.5. The van der Waals surface area contributed by atoms with Crippen molar-refractivity contribution in [3.63, 3.8) is 0 Å². The summed E-state index contributed by atoms with van der Waals surface area (Å²) < 4.78 is 11.8. The molecule has 1 aromatic heterocycles. The summed E-state index contributed by atoms with van der Waals surface area (Å²) in [6.07, 6.45) is 3.35. The van der Waals surface area contributed by atoms with Gasteiger partial charge in [0.15, 0.2) is 0 Å². The molecule has 2 N–H and O–H groups in total. The van der Waals surface area contributed by atoms with E-state index in [1.165, 1.54) is 0 Å². The first-order chi connectivity index (χ1) is 8.53. The van der Waals surface area contributed by atoms with E-state index in [1.54, 1.807) is 12.4 Å². The summed E-state index contributed by atoms with van der Waals surface area (Å²) in [5, 5.41) is 0. The van der Waals surface area contributed by atoms with Gasteiger partial charge < -0.3 is 15.0 Å². The standard InChI is InChI=1S/C13H22BN3O2/c1-11(2,15)9-7-17-10(8-16-9)14-18-12(3,4)13(5,6)19-14/h7-8H,15H2,1-6H3. The fourth-order valence-electron chi connectivity index (χ4n) is 1.76. The number of hydrogen-bond acceptors (Lipinski definition) is 5. The molecule has 0 spiro atoms. The zero-order valence-electron chi connectivity index (χ0n) is 12.5. The summed E-state index contributed by atoms with van der Waals surface area (Å²) in [4.78, 5) is 8.71. The Hall–Kier alpha value is -0.975. The van der Waals surface area contributed by atoms with Crippen LogP contribution in [0.25, 0.3) is 0 Å². The molecule has 0 saturated carbocycles. The van der Waals surface area contributed by atoms with Gasteiger partial charge in [0.25, 0.3) is 0 Å². The van der Waals surface area contributed by atoms with E-state index < -0.39 is 12.7 Å². The molecule has 0 aromatic carbocycles. The Morgan fingerprint density at radius 2 is 1.58 bits per heavy atom. The van der Waals surface area contributed by atoms with E-state index in [4.69, 9.17) is 15.0 Å². The Bertz CT molecular complexity index is 450. The molecule has 0 bridgehead atoms. The third-order valence-electron chi connectivity index (χ3n) is 3.83. The fourth-order valence-corrected chi connectivity index (χ4v) is 1.76. The van der Waals surface area contributed by atoms with E-state index >= 15 is 0 Å². The van der Waals surface area contributed by atoms with Gasteiger partial charge in [0.2, 0.25) is 0 Å². The van der Waals surface area contributed by atoms with Gasteiger partial charge in [0.1, 0.15) is 0 Å². The summed E-state index contributed by atoms with van der Waals surface area (Å²) in [5.74, 6) is 0. The smallest absolute Gasteiger partial charge is 0.398 e. The predicted octanol–water partition coefficient (Wildman–Crippen LogP) is 0.970. The maximum absolute atomic E-state index is 5.98. The first-order valence-corrected chi connectivity index (χ1v) is 6.50. The van der Waals surface area contributed by atoms with Crippen molar-refractivity contribution in [1.82, 2.24) is 9.97 Å². The maximum Gasteiger partial charge on any atom is 0.516 e. The van der Waals surface area contributed by atoms with Crippen molar-refractivity contribution in [2.24, 2.45) is 5.73 Å². The molecule has 1 aromatic rings. The molecule has 6 heteroatoms. The van der Waals surface area contributed by atoms with E-state index in [-0.39, 0.29) is 11.2 Å². The third kappa shape index (κ3) is 2.66. The summed E-state index contributed by atoms with van der Waals surface area (Å²) in [6.45, 7) is 11.8. The van der Waals surface area contributed by atoms with Crippen molar-refractivity contribution in [2.45, 2.75) is 58.3 Å². The van der Waals surface area contributed by atoms with Gasteiger partial charge in [0, 0.05) is 12.4 Å². The quantitative estimate of drug-likeness (QED) is 0.805. The third-order valence-corrected chi connectivity index (χ3v) is 3.83. The molecule has 1 saturated heterocycles. The average molecular weight is 263 g/mol. The molecule has 1 fully saturated rings. The number of nitrogens with two attached hydrogens (primary N) is 1. The SMILES string of the molecule is CC(C)(N)c1cnc(B2OC(C)(C)C(C)(C)O2)cn1. The van der Waals surface area contributed by atoms with Crippen molar-refractivity contribution >= 4 is 12.7 Å². The van der Waals surface area contributed by atoms with Gasteiger partial charge >= 0.3 is 7.12 Å². The van der Waals surface area contributed by atoms with Crippen molar-refractivity contribution in [3.05, 3.63) is 18.1 Å². The maximum atomic E-state index is 5.98. The van der Waals surface area contributed by atoms with Crippen molar-refractivity contribution in [3.8, 4) is 0 Å². The largest absolute Gasteiger partial charge is 0.516 e. The van der Waals surface area contributed by atoms with Gasteiger partial charge in [-0.15, -0.1) is 0 Å². The molecule has 5 nitrogen and oxygen atoms in total. The number of nitrogens with zero attached hydrogens (tertiary/aromatic N) is 2. The van der Waals surface area contributed by atoms with Crippen LogP contribution in [0.1, 0.15) is 47.2 Å². The minimum atomic E-state index is -0.499. The second-order valence-corrected chi connectivity index (χ2v) is 6.64. The number of hydrogen-bond donors (Lipinski definition) is 1. The van der Waals surface area contributed by atoms with Crippen LogP contribution in [0.5, 0.6) is 0 Å². The Balaban J connectivity index is 2.22. The normalized spacial score (nSPS) is 21.7. The highest BCUT2D eigenvalue weighted by Gasteiger charge is 2.52. The van der Waals surface area contributed by atoms with Gasteiger partial charge in [-0.25, -0.2) is 0 Å². The second kappa shape index (κ2) is 4.26. The van der Waals surface area contributed by atoms with Gasteiger partial charge in [-0.2, -0.15) is 0 Å². The molecule has 2 heterocycles. The van der Waals surface area contributed by atoms with Gasteiger partial charge in [-0.1, -0.05) is 0 Å². The molecular weight excluding hydrogens is 241 g/mol. The highest BCUT2D eigenvalue weighted by atomic mass is 16.7. The highest BCUT2D eigenvalue weighted by molar-refractivity contribution is 6.61. The summed E-state index contributed by atoms with van der Waals surface area (Å²) in [7, 11) is -0.479. The predicted molar refractivity (Wildman–Crippen MR) is 75.0 cm³/mol. The topological polar surface area (TPSA) is 70.3 Å². The molecule has 104 valence electrons. The van der Waals surface area contributed by atoms with Crippen LogP contribution in [0.4, 0.5) is 0 Å². The zero-order chi connectivity index (χ0) is 14.5. The lowest BCUT2D eigenvalue weighted by Gasteiger charge is -2.32. The van der Waals surface area contributed by atoms with Crippen molar-refractivity contribution in [1.29, 1.82) is 0 Å². The molecule has 2 rings (SSSR count). The van der Waals surface area contributed by atoms with Gasteiger partial charge in [-0.05, 0) is 41.5 Å². The molecule has 1 aliphatic rings. The molecular formula is C13H22BN3O2. The molecule has 0 unspecified atom stereocenters. The summed E-state index contributed by atoms with van der Waals surface area (Å²) in [6, 6.07) is 0. The average Bonchev–Trinajstić information content (AvgIpc) is 2.47. The monoisotopic (exact) mass is 263 g/mol. The Kier molecular flexibility index (Phi) is 3.24. The molecule has 0 atom stereocenters. The van der Waals surface area contributed by atoms with Crippen LogP contribution in [-0.4, -0.2) is 28.3 Å². The molecule has 0 amide bonds. The van der Waals surface area contributed by atoms with Crippen molar-refractivity contribution < 1.29 is 9.31 Å². The summed E-state index contributed by atoms with van der Waals surface area (Å²) >= 11 is 0. The van der Waals surface area contributed by atoms with Crippen LogP contribution in [0.2, 0.25) is 0 Å². The number of rotatable bonds is 2. The van der Waals surface area contributed by atoms with Crippen LogP contribution < -0.4 is 11.3 Å². The van der Waals surface area contributed by atoms with E-state index in [0.717, 1.165) is 5.69 Å². The lowest BCUT2D eigenvalue weighted by Crippen LogP contribution is -2.41. The Morgan fingerprint density at radius 3 is 1.95 bits per heavy atom. The molecule has 0 aliphatic carbocycles. The van der Waals surface area contributed by atoms with E-state index in [2.05, 4.69) is 9.97 Å². The van der Waals surface area contributed by atoms with Gasteiger partial charge in [0.05, 0.1) is 28.0 Å². The van der Waals surface area contributed by atoms with Crippen LogP contribution in [0.3, 0.4) is 0 Å². The first kappa shape index (κ1) is 14.4. The van der Waals surface area contributed by atoms with Crippen LogP contribution >= 0.6 is 0 Å². The lowest BCUT2D eigenvalue weighted by molar-refractivity contribution is 0.00578. The first-order valence-electron chi connectivity index (χ1n) is 6.50.